The van der Waals surface area contributed by atoms with Crippen LogP contribution in [0.25, 0.3) is 97.4 Å². The van der Waals surface area contributed by atoms with Gasteiger partial charge in [-0.2, -0.15) is 0 Å². The summed E-state index contributed by atoms with van der Waals surface area (Å²) in [6.07, 6.45) is 0. The lowest BCUT2D eigenvalue weighted by atomic mass is 9.96. The molecule has 0 aliphatic heterocycles. The molecule has 61 heavy (non-hydrogen) atoms. The highest BCUT2D eigenvalue weighted by Gasteiger charge is 2.19. The Hall–Kier alpha value is -7.72. The highest BCUT2D eigenvalue weighted by atomic mass is 32.1. The van der Waals surface area contributed by atoms with Gasteiger partial charge in [-0.05, 0) is 116 Å². The highest BCUT2D eigenvalue weighted by molar-refractivity contribution is 7.25. The molecular formula is C58H37NOS. The summed E-state index contributed by atoms with van der Waals surface area (Å²) in [5.74, 6) is 0. The molecule has 0 radical (unpaired) electrons. The zero-order chi connectivity index (χ0) is 40.3. The van der Waals surface area contributed by atoms with E-state index < -0.39 is 0 Å². The van der Waals surface area contributed by atoms with Crippen LogP contribution in [0.15, 0.2) is 229 Å². The summed E-state index contributed by atoms with van der Waals surface area (Å²) in [4.78, 5) is 2.39. The fraction of sp³-hybridized carbons (Fsp3) is 0. The van der Waals surface area contributed by atoms with E-state index in [1.165, 1.54) is 64.3 Å². The summed E-state index contributed by atoms with van der Waals surface area (Å²) in [6.45, 7) is 0. The maximum Gasteiger partial charge on any atom is 0.136 e. The number of nitrogens with zero attached hydrogens (tertiary/aromatic N) is 1. The van der Waals surface area contributed by atoms with E-state index in [0.717, 1.165) is 50.1 Å². The Bertz CT molecular complexity index is 3570. The standard InChI is InChI=1S/C58H37NOS/c1-2-12-47-41(10-1)11-9-16-48(47)42-22-20-38(21-23-42)39-24-30-45(31-25-39)59(46-32-26-40(27-33-46)43-28-34-51-50-14-4-7-18-55(50)60-56(51)37-43)54-17-6-3-13-49(54)44-29-35-58-53(36-44)52-15-5-8-19-57(52)61-58/h1-37H. The molecule has 0 atom stereocenters. The first-order valence-corrected chi connectivity index (χ1v) is 21.5. The van der Waals surface area contributed by atoms with Gasteiger partial charge in [0.2, 0.25) is 0 Å². The monoisotopic (exact) mass is 795 g/mol. The molecular weight excluding hydrogens is 759 g/mol. The van der Waals surface area contributed by atoms with Gasteiger partial charge in [0.25, 0.3) is 0 Å². The first kappa shape index (κ1) is 35.2. The van der Waals surface area contributed by atoms with Crippen molar-refractivity contribution in [3.05, 3.63) is 224 Å². The average Bonchev–Trinajstić information content (AvgIpc) is 3.90. The zero-order valence-corrected chi connectivity index (χ0v) is 33.9. The Kier molecular flexibility index (Phi) is 8.39. The average molecular weight is 796 g/mol. The van der Waals surface area contributed by atoms with E-state index in [4.69, 9.17) is 4.42 Å². The quantitative estimate of drug-likeness (QED) is 0.160. The predicted molar refractivity (Wildman–Crippen MR) is 261 cm³/mol. The van der Waals surface area contributed by atoms with Crippen LogP contribution in [0.3, 0.4) is 0 Å². The van der Waals surface area contributed by atoms with E-state index in [1.54, 1.807) is 0 Å². The van der Waals surface area contributed by atoms with Crippen molar-refractivity contribution in [2.24, 2.45) is 0 Å². The number of hydrogen-bond acceptors (Lipinski definition) is 3. The van der Waals surface area contributed by atoms with Crippen molar-refractivity contribution in [3.8, 4) is 44.5 Å². The van der Waals surface area contributed by atoms with Crippen LogP contribution in [0.2, 0.25) is 0 Å². The molecule has 0 fully saturated rings. The van der Waals surface area contributed by atoms with Gasteiger partial charge in [-0.15, -0.1) is 11.3 Å². The third-order valence-corrected chi connectivity index (χ3v) is 13.3. The van der Waals surface area contributed by atoms with Crippen LogP contribution >= 0.6 is 11.3 Å². The molecule has 0 N–H and O–H groups in total. The number of hydrogen-bond donors (Lipinski definition) is 0. The number of para-hydroxylation sites is 2. The topological polar surface area (TPSA) is 16.4 Å². The minimum absolute atomic E-state index is 0.900. The number of furan rings is 1. The fourth-order valence-corrected chi connectivity index (χ4v) is 10.2. The van der Waals surface area contributed by atoms with Crippen LogP contribution in [0.4, 0.5) is 17.1 Å². The molecule has 2 aromatic heterocycles. The molecule has 12 rings (SSSR count). The second-order valence-corrected chi connectivity index (χ2v) is 16.8. The lowest BCUT2D eigenvalue weighted by Crippen LogP contribution is -2.11. The van der Waals surface area contributed by atoms with Crippen LogP contribution in [0, 0.1) is 0 Å². The van der Waals surface area contributed by atoms with Crippen molar-refractivity contribution in [1.29, 1.82) is 0 Å². The summed E-state index contributed by atoms with van der Waals surface area (Å²) in [7, 11) is 0. The van der Waals surface area contributed by atoms with Crippen LogP contribution in [-0.4, -0.2) is 0 Å². The molecule has 0 aliphatic rings. The molecule has 12 aromatic rings. The Morgan fingerprint density at radius 1 is 0.311 bits per heavy atom. The fourth-order valence-electron chi connectivity index (χ4n) is 9.06. The van der Waals surface area contributed by atoms with Gasteiger partial charge in [-0.1, -0.05) is 158 Å². The maximum atomic E-state index is 6.27. The summed E-state index contributed by atoms with van der Waals surface area (Å²) in [5.41, 5.74) is 14.5. The van der Waals surface area contributed by atoms with Gasteiger partial charge in [0, 0.05) is 47.9 Å². The molecule has 286 valence electrons. The lowest BCUT2D eigenvalue weighted by molar-refractivity contribution is 0.669. The SMILES string of the molecule is c1ccc(N(c2ccc(-c3ccc(-c4cccc5ccccc45)cc3)cc2)c2ccc(-c3ccc4c(c3)oc3ccccc34)cc2)c(-c2ccc3sc4ccccc4c3c2)c1. The summed E-state index contributed by atoms with van der Waals surface area (Å²) < 4.78 is 8.88. The zero-order valence-electron chi connectivity index (χ0n) is 33.1. The number of anilines is 3. The number of fused-ring (bicyclic) bond motifs is 7. The smallest absolute Gasteiger partial charge is 0.136 e. The van der Waals surface area contributed by atoms with Crippen LogP contribution in [0.1, 0.15) is 0 Å². The first-order chi connectivity index (χ1) is 30.2. The Morgan fingerprint density at radius 3 is 1.66 bits per heavy atom. The van der Waals surface area contributed by atoms with Gasteiger partial charge in [0.05, 0.1) is 5.69 Å². The number of rotatable bonds is 7. The number of thiophene rings is 1. The van der Waals surface area contributed by atoms with E-state index in [0.29, 0.717) is 0 Å². The molecule has 2 nitrogen and oxygen atoms in total. The minimum Gasteiger partial charge on any atom is -0.456 e. The van der Waals surface area contributed by atoms with Crippen molar-refractivity contribution in [1.82, 2.24) is 0 Å². The van der Waals surface area contributed by atoms with E-state index in [9.17, 15) is 0 Å². The molecule has 0 saturated heterocycles. The molecule has 0 amide bonds. The molecule has 0 spiro atoms. The van der Waals surface area contributed by atoms with Gasteiger partial charge < -0.3 is 9.32 Å². The predicted octanol–water partition coefficient (Wildman–Crippen LogP) is 17.2. The van der Waals surface area contributed by atoms with E-state index in [1.807, 2.05) is 23.5 Å². The van der Waals surface area contributed by atoms with Gasteiger partial charge in [0.1, 0.15) is 11.2 Å². The maximum absolute atomic E-state index is 6.27. The van der Waals surface area contributed by atoms with Crippen molar-refractivity contribution in [2.75, 3.05) is 4.90 Å². The van der Waals surface area contributed by atoms with E-state index in [2.05, 4.69) is 217 Å². The third-order valence-electron chi connectivity index (χ3n) is 12.1. The summed E-state index contributed by atoms with van der Waals surface area (Å²) >= 11 is 1.85. The second kappa shape index (κ2) is 14.5. The Labute approximate surface area is 357 Å². The Balaban J connectivity index is 0.939. The van der Waals surface area contributed by atoms with E-state index in [-0.39, 0.29) is 0 Å². The number of benzene rings is 10. The molecule has 3 heteroatoms. The minimum atomic E-state index is 0.900. The molecule has 0 saturated carbocycles. The summed E-state index contributed by atoms with van der Waals surface area (Å²) in [6, 6.07) is 81.3. The van der Waals surface area contributed by atoms with Crippen molar-refractivity contribution >= 4 is 81.3 Å². The van der Waals surface area contributed by atoms with Crippen molar-refractivity contribution in [3.63, 3.8) is 0 Å². The molecule has 10 aromatic carbocycles. The van der Waals surface area contributed by atoms with Gasteiger partial charge in [-0.25, -0.2) is 0 Å². The second-order valence-electron chi connectivity index (χ2n) is 15.7. The van der Waals surface area contributed by atoms with Crippen molar-refractivity contribution < 1.29 is 4.42 Å². The van der Waals surface area contributed by atoms with E-state index >= 15 is 0 Å². The largest absolute Gasteiger partial charge is 0.456 e. The van der Waals surface area contributed by atoms with Crippen LogP contribution in [0.5, 0.6) is 0 Å². The third kappa shape index (κ3) is 6.18. The molecule has 0 unspecified atom stereocenters. The lowest BCUT2D eigenvalue weighted by Gasteiger charge is -2.28. The normalized spacial score (nSPS) is 11.6. The van der Waals surface area contributed by atoms with Crippen LogP contribution < -0.4 is 4.90 Å². The van der Waals surface area contributed by atoms with Gasteiger partial charge in [-0.3, -0.25) is 0 Å². The van der Waals surface area contributed by atoms with Gasteiger partial charge in [0.15, 0.2) is 0 Å². The highest BCUT2D eigenvalue weighted by Crippen LogP contribution is 2.44. The van der Waals surface area contributed by atoms with Gasteiger partial charge >= 0.3 is 0 Å². The first-order valence-electron chi connectivity index (χ1n) is 20.7. The Morgan fingerprint density at radius 2 is 0.852 bits per heavy atom. The van der Waals surface area contributed by atoms with Crippen LogP contribution in [-0.2, 0) is 0 Å². The summed E-state index contributed by atoms with van der Waals surface area (Å²) in [5, 5.41) is 7.40. The molecule has 0 bridgehead atoms. The van der Waals surface area contributed by atoms with Crippen molar-refractivity contribution in [2.45, 2.75) is 0 Å². The molecule has 0 aliphatic carbocycles. The molecule has 2 heterocycles.